The topological polar surface area (TPSA) is 23.8 Å². The third-order valence-electron chi connectivity index (χ3n) is 1.17. The van der Waals surface area contributed by atoms with Gasteiger partial charge in [-0.3, -0.25) is 0 Å². The van der Waals surface area contributed by atoms with Crippen LogP contribution in [0.5, 0.6) is 0 Å². The maximum Gasteiger partial charge on any atom is 0.0621 e. The van der Waals surface area contributed by atoms with Gasteiger partial charge in [-0.1, -0.05) is 35.4 Å². The second-order valence-electron chi connectivity index (χ2n) is 2.01. The Kier molecular flexibility index (Phi) is 8.42. The minimum Gasteiger partial charge on any atom is -0.198 e. The van der Waals surface area contributed by atoms with Crippen LogP contribution in [-0.2, 0) is 0 Å². The predicted molar refractivity (Wildman–Crippen MR) is 47.6 cm³/mol. The van der Waals surface area contributed by atoms with Gasteiger partial charge in [0.15, 0.2) is 0 Å². The van der Waals surface area contributed by atoms with Crippen LogP contribution in [0.1, 0.15) is 32.1 Å². The predicted octanol–water partition coefficient (Wildman–Crippen LogP) is 2.90. The molecule has 0 radical (unpaired) electrons. The van der Waals surface area contributed by atoms with Crippen LogP contribution in [0.4, 0.5) is 0 Å². The number of nitrogens with zero attached hydrogens (tertiary/aromatic N) is 1. The number of alkyl halides is 1. The van der Waals surface area contributed by atoms with Crippen LogP contribution in [0.3, 0.4) is 0 Å². The maximum absolute atomic E-state index is 8.17. The quantitative estimate of drug-likeness (QED) is 0.409. The molecule has 0 saturated carbocycles. The van der Waals surface area contributed by atoms with Crippen molar-refractivity contribution in [2.24, 2.45) is 0 Å². The highest BCUT2D eigenvalue weighted by atomic mass is 127. The van der Waals surface area contributed by atoms with Gasteiger partial charge in [-0.2, -0.15) is 5.26 Å². The highest BCUT2D eigenvalue weighted by Crippen LogP contribution is 2.03. The summed E-state index contributed by atoms with van der Waals surface area (Å²) in [6.45, 7) is 0. The lowest BCUT2D eigenvalue weighted by molar-refractivity contribution is 0.684. The van der Waals surface area contributed by atoms with Gasteiger partial charge in [-0.15, -0.1) is 0 Å². The van der Waals surface area contributed by atoms with Gasteiger partial charge in [0.05, 0.1) is 6.07 Å². The van der Waals surface area contributed by atoms with Gasteiger partial charge in [0.1, 0.15) is 0 Å². The second kappa shape index (κ2) is 8.22. The van der Waals surface area contributed by atoms with Crippen molar-refractivity contribution in [1.82, 2.24) is 0 Å². The van der Waals surface area contributed by atoms with Crippen LogP contribution >= 0.6 is 22.6 Å². The molecule has 0 aliphatic carbocycles. The Morgan fingerprint density at radius 2 is 1.78 bits per heavy atom. The van der Waals surface area contributed by atoms with E-state index in [1.165, 1.54) is 23.7 Å². The van der Waals surface area contributed by atoms with Crippen molar-refractivity contribution < 1.29 is 0 Å². The first-order valence-electron chi connectivity index (χ1n) is 3.34. The van der Waals surface area contributed by atoms with Crippen molar-refractivity contribution in [2.75, 3.05) is 4.43 Å². The van der Waals surface area contributed by atoms with E-state index in [-0.39, 0.29) is 0 Å². The zero-order valence-corrected chi connectivity index (χ0v) is 7.73. The van der Waals surface area contributed by atoms with Crippen LogP contribution in [0.2, 0.25) is 0 Å². The van der Waals surface area contributed by atoms with E-state index in [9.17, 15) is 0 Å². The summed E-state index contributed by atoms with van der Waals surface area (Å²) in [5.41, 5.74) is 0. The summed E-state index contributed by atoms with van der Waals surface area (Å²) in [7, 11) is 0. The molecule has 2 heteroatoms. The largest absolute Gasteiger partial charge is 0.198 e. The molecule has 0 rings (SSSR count). The molecular weight excluding hydrogens is 225 g/mol. The number of unbranched alkanes of at least 4 members (excludes halogenated alkanes) is 4. The fourth-order valence-corrected chi connectivity index (χ4v) is 1.19. The van der Waals surface area contributed by atoms with Crippen molar-refractivity contribution in [2.45, 2.75) is 32.1 Å². The lowest BCUT2D eigenvalue weighted by Crippen LogP contribution is -1.77. The van der Waals surface area contributed by atoms with Crippen LogP contribution < -0.4 is 0 Å². The normalized spacial score (nSPS) is 8.89. The molecule has 0 unspecified atom stereocenters. The maximum atomic E-state index is 8.17. The summed E-state index contributed by atoms with van der Waals surface area (Å²) in [5.74, 6) is 0. The van der Waals surface area contributed by atoms with E-state index in [2.05, 4.69) is 28.7 Å². The van der Waals surface area contributed by atoms with E-state index < -0.39 is 0 Å². The minimum absolute atomic E-state index is 0.737. The molecule has 0 heterocycles. The molecule has 0 spiro atoms. The summed E-state index contributed by atoms with van der Waals surface area (Å²) in [6, 6.07) is 2.14. The molecule has 52 valence electrons. The average Bonchev–Trinajstić information content (AvgIpc) is 1.89. The average molecular weight is 237 g/mol. The second-order valence-corrected chi connectivity index (χ2v) is 3.09. The van der Waals surface area contributed by atoms with Crippen LogP contribution in [-0.4, -0.2) is 4.43 Å². The van der Waals surface area contributed by atoms with Crippen LogP contribution in [0.15, 0.2) is 0 Å². The van der Waals surface area contributed by atoms with E-state index in [1.54, 1.807) is 0 Å². The lowest BCUT2D eigenvalue weighted by atomic mass is 10.2. The Bertz CT molecular complexity index is 85.4. The van der Waals surface area contributed by atoms with E-state index in [4.69, 9.17) is 5.26 Å². The lowest BCUT2D eigenvalue weighted by Gasteiger charge is -1.92. The van der Waals surface area contributed by atoms with Gasteiger partial charge in [0.25, 0.3) is 0 Å². The standard InChI is InChI=1S/C7H12IN/c8-6-4-2-1-3-5-7-9/h1-6H2. The van der Waals surface area contributed by atoms with Crippen LogP contribution in [0.25, 0.3) is 0 Å². The van der Waals surface area contributed by atoms with Crippen molar-refractivity contribution in [1.29, 1.82) is 5.26 Å². The zero-order valence-electron chi connectivity index (χ0n) is 5.57. The van der Waals surface area contributed by atoms with Crippen molar-refractivity contribution in [3.05, 3.63) is 0 Å². The molecule has 0 amide bonds. The fourth-order valence-electron chi connectivity index (χ4n) is 0.652. The molecule has 0 fully saturated rings. The number of nitriles is 1. The molecule has 0 aromatic rings. The Morgan fingerprint density at radius 1 is 1.11 bits per heavy atom. The number of hydrogen-bond acceptors (Lipinski definition) is 1. The Balaban J connectivity index is 2.69. The van der Waals surface area contributed by atoms with Gasteiger partial charge in [0, 0.05) is 6.42 Å². The van der Waals surface area contributed by atoms with Crippen molar-refractivity contribution in [3.63, 3.8) is 0 Å². The number of halogens is 1. The summed E-state index contributed by atoms with van der Waals surface area (Å²) in [5, 5.41) is 8.17. The van der Waals surface area contributed by atoms with E-state index in [0.717, 1.165) is 12.8 Å². The van der Waals surface area contributed by atoms with Crippen LogP contribution in [0, 0.1) is 11.3 Å². The fraction of sp³-hybridized carbons (Fsp3) is 0.857. The summed E-state index contributed by atoms with van der Waals surface area (Å²) >= 11 is 2.38. The number of hydrogen-bond donors (Lipinski definition) is 0. The Morgan fingerprint density at radius 3 is 2.33 bits per heavy atom. The van der Waals surface area contributed by atoms with Crippen molar-refractivity contribution >= 4 is 22.6 Å². The van der Waals surface area contributed by atoms with E-state index >= 15 is 0 Å². The first-order chi connectivity index (χ1) is 4.41. The third-order valence-corrected chi connectivity index (χ3v) is 1.94. The van der Waals surface area contributed by atoms with Gasteiger partial charge >= 0.3 is 0 Å². The third kappa shape index (κ3) is 8.22. The molecule has 0 aliphatic heterocycles. The molecule has 0 aliphatic rings. The van der Waals surface area contributed by atoms with E-state index in [0.29, 0.717) is 0 Å². The monoisotopic (exact) mass is 237 g/mol. The van der Waals surface area contributed by atoms with Crippen molar-refractivity contribution in [3.8, 4) is 6.07 Å². The zero-order chi connectivity index (χ0) is 6.95. The first kappa shape index (κ1) is 9.22. The minimum atomic E-state index is 0.737. The molecule has 1 nitrogen and oxygen atoms in total. The summed E-state index contributed by atoms with van der Waals surface area (Å²) in [4.78, 5) is 0. The SMILES string of the molecule is N#CCCCCCCI. The van der Waals surface area contributed by atoms with Gasteiger partial charge < -0.3 is 0 Å². The molecule has 0 aromatic heterocycles. The highest BCUT2D eigenvalue weighted by molar-refractivity contribution is 14.1. The summed E-state index contributed by atoms with van der Waals surface area (Å²) < 4.78 is 1.25. The first-order valence-corrected chi connectivity index (χ1v) is 4.87. The Hall–Kier alpha value is 0.220. The number of rotatable bonds is 5. The van der Waals surface area contributed by atoms with Gasteiger partial charge in [0.2, 0.25) is 0 Å². The molecular formula is C7H12IN. The summed E-state index contributed by atoms with van der Waals surface area (Å²) in [6.07, 6.45) is 5.67. The van der Waals surface area contributed by atoms with E-state index in [1.807, 2.05) is 0 Å². The van der Waals surface area contributed by atoms with Gasteiger partial charge in [-0.25, -0.2) is 0 Å². The molecule has 0 atom stereocenters. The highest BCUT2D eigenvalue weighted by Gasteiger charge is 1.86. The molecule has 0 N–H and O–H groups in total. The molecule has 0 aromatic carbocycles. The van der Waals surface area contributed by atoms with Gasteiger partial charge in [-0.05, 0) is 17.3 Å². The molecule has 0 bridgehead atoms. The molecule has 9 heavy (non-hydrogen) atoms. The molecule has 0 saturated heterocycles. The smallest absolute Gasteiger partial charge is 0.0621 e. The Labute approximate surface area is 70.6 Å².